The highest BCUT2D eigenvalue weighted by atomic mass is 16.5. The van der Waals surface area contributed by atoms with Crippen molar-refractivity contribution in [1.82, 2.24) is 0 Å². The Labute approximate surface area is 126 Å². The maximum atomic E-state index is 6.54. The maximum Gasteiger partial charge on any atom is 0.0738 e. The zero-order chi connectivity index (χ0) is 14.3. The van der Waals surface area contributed by atoms with E-state index in [-0.39, 0.29) is 5.60 Å². The Balaban J connectivity index is 2.16. The third-order valence-corrected chi connectivity index (χ3v) is 6.12. The predicted octanol–water partition coefficient (Wildman–Crippen LogP) is 6.26. The fourth-order valence-corrected chi connectivity index (χ4v) is 5.10. The molecule has 118 valence electrons. The van der Waals surface area contributed by atoms with Gasteiger partial charge in [-0.15, -0.1) is 0 Å². The first-order valence-electron chi connectivity index (χ1n) is 9.42. The van der Waals surface area contributed by atoms with Gasteiger partial charge in [0.05, 0.1) is 5.60 Å². The van der Waals surface area contributed by atoms with Crippen molar-refractivity contribution in [3.63, 3.8) is 0 Å². The summed E-state index contributed by atoms with van der Waals surface area (Å²) in [5.74, 6) is 0. The van der Waals surface area contributed by atoms with Gasteiger partial charge in [0.15, 0.2) is 0 Å². The highest BCUT2D eigenvalue weighted by molar-refractivity contribution is 5.02. The second kappa shape index (κ2) is 7.82. The summed E-state index contributed by atoms with van der Waals surface area (Å²) >= 11 is 0. The highest BCUT2D eigenvalue weighted by Gasteiger charge is 2.51. The van der Waals surface area contributed by atoms with E-state index in [2.05, 4.69) is 13.8 Å². The Morgan fingerprint density at radius 3 is 1.90 bits per heavy atom. The van der Waals surface area contributed by atoms with Crippen LogP contribution in [0.15, 0.2) is 0 Å². The Kier molecular flexibility index (Phi) is 6.39. The number of unbranched alkanes of at least 4 members (excludes halogenated alkanes) is 2. The largest absolute Gasteiger partial charge is 0.375 e. The van der Waals surface area contributed by atoms with E-state index in [1.807, 2.05) is 0 Å². The topological polar surface area (TPSA) is 9.23 Å². The van der Waals surface area contributed by atoms with E-state index in [0.29, 0.717) is 5.41 Å². The van der Waals surface area contributed by atoms with Crippen molar-refractivity contribution in [2.75, 3.05) is 6.61 Å². The van der Waals surface area contributed by atoms with E-state index in [1.54, 1.807) is 0 Å². The SMILES string of the molecule is CCCCCC1(C2(OCC)CCCCC2)CCCCC1. The van der Waals surface area contributed by atoms with Gasteiger partial charge in [-0.2, -0.15) is 0 Å². The second-order valence-electron chi connectivity index (χ2n) is 7.29. The minimum absolute atomic E-state index is 0.244. The van der Waals surface area contributed by atoms with Crippen molar-refractivity contribution in [2.24, 2.45) is 5.41 Å². The summed E-state index contributed by atoms with van der Waals surface area (Å²) in [5, 5.41) is 0. The first-order chi connectivity index (χ1) is 9.79. The van der Waals surface area contributed by atoms with Crippen molar-refractivity contribution in [1.29, 1.82) is 0 Å². The van der Waals surface area contributed by atoms with Crippen LogP contribution in [0.2, 0.25) is 0 Å². The molecular formula is C19H36O. The number of ether oxygens (including phenoxy) is 1. The van der Waals surface area contributed by atoms with Crippen LogP contribution in [-0.2, 0) is 4.74 Å². The van der Waals surface area contributed by atoms with Gasteiger partial charge in [-0.3, -0.25) is 0 Å². The molecule has 20 heavy (non-hydrogen) atoms. The number of hydrogen-bond donors (Lipinski definition) is 0. The molecule has 2 aliphatic carbocycles. The second-order valence-corrected chi connectivity index (χ2v) is 7.29. The highest BCUT2D eigenvalue weighted by Crippen LogP contribution is 2.55. The third kappa shape index (κ3) is 3.40. The number of rotatable bonds is 7. The summed E-state index contributed by atoms with van der Waals surface area (Å²) in [4.78, 5) is 0. The summed E-state index contributed by atoms with van der Waals surface area (Å²) in [7, 11) is 0. The molecule has 2 saturated carbocycles. The van der Waals surface area contributed by atoms with Crippen molar-refractivity contribution >= 4 is 0 Å². The summed E-state index contributed by atoms with van der Waals surface area (Å²) < 4.78 is 6.54. The Bertz CT molecular complexity index is 253. The van der Waals surface area contributed by atoms with E-state index < -0.39 is 0 Å². The van der Waals surface area contributed by atoms with Crippen LogP contribution >= 0.6 is 0 Å². The molecule has 1 nitrogen and oxygen atoms in total. The molecule has 0 radical (unpaired) electrons. The van der Waals surface area contributed by atoms with E-state index in [0.717, 1.165) is 6.61 Å². The molecule has 0 aromatic carbocycles. The molecule has 1 heteroatoms. The normalized spacial score (nSPS) is 25.5. The molecule has 0 aromatic rings. The van der Waals surface area contributed by atoms with Crippen molar-refractivity contribution in [3.8, 4) is 0 Å². The molecule has 0 atom stereocenters. The maximum absolute atomic E-state index is 6.54. The van der Waals surface area contributed by atoms with Gasteiger partial charge in [0, 0.05) is 6.61 Å². The van der Waals surface area contributed by atoms with Gasteiger partial charge >= 0.3 is 0 Å². The van der Waals surface area contributed by atoms with Crippen molar-refractivity contribution in [3.05, 3.63) is 0 Å². The first kappa shape index (κ1) is 16.3. The zero-order valence-corrected chi connectivity index (χ0v) is 14.0. The van der Waals surface area contributed by atoms with Crippen LogP contribution in [0.5, 0.6) is 0 Å². The lowest BCUT2D eigenvalue weighted by atomic mass is 9.56. The van der Waals surface area contributed by atoms with Crippen LogP contribution in [0.3, 0.4) is 0 Å². The molecule has 0 aromatic heterocycles. The molecule has 0 amide bonds. The molecule has 0 aliphatic heterocycles. The van der Waals surface area contributed by atoms with E-state index >= 15 is 0 Å². The molecule has 2 aliphatic rings. The lowest BCUT2D eigenvalue weighted by Gasteiger charge is -2.54. The van der Waals surface area contributed by atoms with Crippen LogP contribution in [-0.4, -0.2) is 12.2 Å². The molecule has 2 rings (SSSR count). The molecule has 0 heterocycles. The smallest absolute Gasteiger partial charge is 0.0738 e. The third-order valence-electron chi connectivity index (χ3n) is 6.12. The molecule has 0 bridgehead atoms. The van der Waals surface area contributed by atoms with Crippen molar-refractivity contribution in [2.45, 2.75) is 109 Å². The number of hydrogen-bond acceptors (Lipinski definition) is 1. The van der Waals surface area contributed by atoms with E-state index in [4.69, 9.17) is 4.74 Å². The average Bonchev–Trinajstić information content (AvgIpc) is 2.50. The molecule has 2 fully saturated rings. The van der Waals surface area contributed by atoms with Crippen LogP contribution in [0.1, 0.15) is 104 Å². The van der Waals surface area contributed by atoms with Crippen LogP contribution < -0.4 is 0 Å². The van der Waals surface area contributed by atoms with Gasteiger partial charge in [0.25, 0.3) is 0 Å². The molecule has 0 unspecified atom stereocenters. The lowest BCUT2D eigenvalue weighted by Crippen LogP contribution is -2.52. The lowest BCUT2D eigenvalue weighted by molar-refractivity contribution is -0.169. The summed E-state index contributed by atoms with van der Waals surface area (Å²) in [6.45, 7) is 5.45. The summed E-state index contributed by atoms with van der Waals surface area (Å²) in [5.41, 5.74) is 0.769. The van der Waals surface area contributed by atoms with Gasteiger partial charge in [-0.1, -0.05) is 64.7 Å². The Morgan fingerprint density at radius 1 is 0.750 bits per heavy atom. The Hall–Kier alpha value is -0.0400. The molecule has 0 saturated heterocycles. The van der Waals surface area contributed by atoms with Crippen molar-refractivity contribution < 1.29 is 4.74 Å². The van der Waals surface area contributed by atoms with Gasteiger partial charge in [0.2, 0.25) is 0 Å². The average molecular weight is 280 g/mol. The molecule has 0 spiro atoms. The minimum Gasteiger partial charge on any atom is -0.375 e. The summed E-state index contributed by atoms with van der Waals surface area (Å²) in [6.07, 6.45) is 19.7. The fourth-order valence-electron chi connectivity index (χ4n) is 5.10. The monoisotopic (exact) mass is 280 g/mol. The van der Waals surface area contributed by atoms with E-state index in [9.17, 15) is 0 Å². The van der Waals surface area contributed by atoms with Gasteiger partial charge in [0.1, 0.15) is 0 Å². The minimum atomic E-state index is 0.244. The molecular weight excluding hydrogens is 244 g/mol. The predicted molar refractivity (Wildman–Crippen MR) is 87.1 cm³/mol. The Morgan fingerprint density at radius 2 is 1.35 bits per heavy atom. The standard InChI is InChI=1S/C19H36O/c1-3-5-8-13-18(14-9-6-10-15-18)19(20-4-2)16-11-7-12-17-19/h3-17H2,1-2H3. The van der Waals surface area contributed by atoms with Gasteiger partial charge < -0.3 is 4.74 Å². The fraction of sp³-hybridized carbons (Fsp3) is 1.00. The van der Waals surface area contributed by atoms with Gasteiger partial charge in [-0.25, -0.2) is 0 Å². The zero-order valence-electron chi connectivity index (χ0n) is 14.0. The first-order valence-corrected chi connectivity index (χ1v) is 9.42. The van der Waals surface area contributed by atoms with Crippen LogP contribution in [0, 0.1) is 5.41 Å². The van der Waals surface area contributed by atoms with Crippen LogP contribution in [0.25, 0.3) is 0 Å². The van der Waals surface area contributed by atoms with Gasteiger partial charge in [-0.05, 0) is 44.4 Å². The molecule has 0 N–H and O–H groups in total. The van der Waals surface area contributed by atoms with E-state index in [1.165, 1.54) is 89.9 Å². The summed E-state index contributed by atoms with van der Waals surface area (Å²) in [6, 6.07) is 0. The quantitative estimate of drug-likeness (QED) is 0.500. The van der Waals surface area contributed by atoms with Crippen LogP contribution in [0.4, 0.5) is 0 Å².